The second-order valence-corrected chi connectivity index (χ2v) is 4.68. The van der Waals surface area contributed by atoms with Gasteiger partial charge in [0.1, 0.15) is 6.04 Å². The summed E-state index contributed by atoms with van der Waals surface area (Å²) in [5.41, 5.74) is 0.538. The van der Waals surface area contributed by atoms with Gasteiger partial charge >= 0.3 is 5.97 Å². The highest BCUT2D eigenvalue weighted by Crippen LogP contribution is 2.05. The molecule has 1 amide bonds. The summed E-state index contributed by atoms with van der Waals surface area (Å²) in [7, 11) is 1.32. The Morgan fingerprint density at radius 2 is 2.00 bits per heavy atom. The molecule has 98 valence electrons. The number of benzene rings is 1. The van der Waals surface area contributed by atoms with Crippen molar-refractivity contribution >= 4 is 23.6 Å². The first-order chi connectivity index (χ1) is 8.69. The molecule has 1 aromatic carbocycles. The van der Waals surface area contributed by atoms with Crippen LogP contribution in [0.5, 0.6) is 0 Å². The van der Waals surface area contributed by atoms with E-state index in [0.717, 1.165) is 5.75 Å². The Labute approximate surface area is 111 Å². The third kappa shape index (κ3) is 4.41. The number of hydrogen-bond donors (Lipinski definition) is 1. The fraction of sp³-hybridized carbons (Fsp3) is 0.385. The van der Waals surface area contributed by atoms with Crippen LogP contribution in [0.15, 0.2) is 30.3 Å². The first kappa shape index (κ1) is 14.6. The van der Waals surface area contributed by atoms with Gasteiger partial charge in [0.05, 0.1) is 7.11 Å². The van der Waals surface area contributed by atoms with Crippen LogP contribution in [0, 0.1) is 0 Å². The quantitative estimate of drug-likeness (QED) is 0.797. The molecule has 4 nitrogen and oxygen atoms in total. The standard InChI is InChI=1S/C13H17NO3S/c1-17-13(16)11(8-9-18-2)14-12(15)10-6-4-3-5-7-10/h3-7,11H,8-9H2,1-2H3,(H,14,15)/t11-/m0/s1. The number of rotatable bonds is 6. The van der Waals surface area contributed by atoms with Crippen molar-refractivity contribution in [2.75, 3.05) is 19.1 Å². The van der Waals surface area contributed by atoms with Crippen molar-refractivity contribution in [1.82, 2.24) is 5.32 Å². The maximum atomic E-state index is 11.9. The molecule has 0 aliphatic heterocycles. The minimum absolute atomic E-state index is 0.257. The molecule has 1 aromatic rings. The van der Waals surface area contributed by atoms with Crippen molar-refractivity contribution in [3.05, 3.63) is 35.9 Å². The van der Waals surface area contributed by atoms with E-state index in [9.17, 15) is 9.59 Å². The van der Waals surface area contributed by atoms with Crippen LogP contribution in [0.25, 0.3) is 0 Å². The van der Waals surface area contributed by atoms with E-state index in [1.807, 2.05) is 12.3 Å². The number of amides is 1. The molecule has 0 saturated heterocycles. The first-order valence-electron chi connectivity index (χ1n) is 5.61. The second kappa shape index (κ2) is 7.76. The number of thioether (sulfide) groups is 1. The van der Waals surface area contributed by atoms with E-state index in [4.69, 9.17) is 0 Å². The first-order valence-corrected chi connectivity index (χ1v) is 7.01. The summed E-state index contributed by atoms with van der Waals surface area (Å²) in [6, 6.07) is 8.22. The minimum atomic E-state index is -0.588. The van der Waals surface area contributed by atoms with Crippen LogP contribution < -0.4 is 5.32 Å². The van der Waals surface area contributed by atoms with E-state index in [-0.39, 0.29) is 5.91 Å². The molecule has 0 heterocycles. The van der Waals surface area contributed by atoms with E-state index in [1.165, 1.54) is 7.11 Å². The highest BCUT2D eigenvalue weighted by molar-refractivity contribution is 7.98. The van der Waals surface area contributed by atoms with Crippen molar-refractivity contribution < 1.29 is 14.3 Å². The van der Waals surface area contributed by atoms with Gasteiger partial charge in [0.25, 0.3) is 5.91 Å². The largest absolute Gasteiger partial charge is 0.467 e. The Morgan fingerprint density at radius 3 is 2.56 bits per heavy atom. The average Bonchev–Trinajstić information content (AvgIpc) is 2.43. The zero-order chi connectivity index (χ0) is 13.4. The molecule has 0 aliphatic rings. The number of hydrogen-bond acceptors (Lipinski definition) is 4. The molecular weight excluding hydrogens is 250 g/mol. The van der Waals surface area contributed by atoms with Crippen LogP contribution in [0.1, 0.15) is 16.8 Å². The molecule has 0 spiro atoms. The monoisotopic (exact) mass is 267 g/mol. The molecule has 0 aliphatic carbocycles. The lowest BCUT2D eigenvalue weighted by Gasteiger charge is -2.15. The molecule has 0 aromatic heterocycles. The van der Waals surface area contributed by atoms with Crippen LogP contribution in [-0.4, -0.2) is 37.0 Å². The number of nitrogens with one attached hydrogen (secondary N) is 1. The van der Waals surface area contributed by atoms with Gasteiger partial charge in [-0.15, -0.1) is 0 Å². The Bertz CT molecular complexity index is 394. The van der Waals surface area contributed by atoms with E-state index in [1.54, 1.807) is 36.0 Å². The van der Waals surface area contributed by atoms with Gasteiger partial charge in [-0.05, 0) is 30.6 Å². The molecule has 0 saturated carbocycles. The van der Waals surface area contributed by atoms with Crippen molar-refractivity contribution in [2.45, 2.75) is 12.5 Å². The van der Waals surface area contributed by atoms with Crippen LogP contribution in [0.2, 0.25) is 0 Å². The third-order valence-electron chi connectivity index (χ3n) is 2.44. The number of esters is 1. The lowest BCUT2D eigenvalue weighted by atomic mass is 10.1. The number of methoxy groups -OCH3 is 1. The van der Waals surface area contributed by atoms with Crippen LogP contribution in [-0.2, 0) is 9.53 Å². The summed E-state index contributed by atoms with van der Waals surface area (Å²) in [5.74, 6) is 0.120. The molecule has 0 bridgehead atoms. The minimum Gasteiger partial charge on any atom is -0.467 e. The lowest BCUT2D eigenvalue weighted by Crippen LogP contribution is -2.41. The summed E-state index contributed by atoms with van der Waals surface area (Å²) in [6.07, 6.45) is 2.51. The lowest BCUT2D eigenvalue weighted by molar-refractivity contribution is -0.142. The molecule has 1 rings (SSSR count). The van der Waals surface area contributed by atoms with Crippen molar-refractivity contribution in [1.29, 1.82) is 0 Å². The zero-order valence-corrected chi connectivity index (χ0v) is 11.3. The normalized spacial score (nSPS) is 11.7. The highest BCUT2D eigenvalue weighted by atomic mass is 32.2. The maximum Gasteiger partial charge on any atom is 0.328 e. The molecule has 0 radical (unpaired) electrons. The molecule has 18 heavy (non-hydrogen) atoms. The molecular formula is C13H17NO3S. The number of carbonyl (C=O) groups is 2. The SMILES string of the molecule is COC(=O)[C@H](CCSC)NC(=O)c1ccccc1. The fourth-order valence-corrected chi connectivity index (χ4v) is 1.93. The van der Waals surface area contributed by atoms with Gasteiger partial charge in [0, 0.05) is 5.56 Å². The molecule has 1 N–H and O–H groups in total. The average molecular weight is 267 g/mol. The van der Waals surface area contributed by atoms with E-state index in [2.05, 4.69) is 10.1 Å². The van der Waals surface area contributed by atoms with E-state index in [0.29, 0.717) is 12.0 Å². The van der Waals surface area contributed by atoms with Crippen molar-refractivity contribution in [3.63, 3.8) is 0 Å². The number of carbonyl (C=O) groups excluding carboxylic acids is 2. The zero-order valence-electron chi connectivity index (χ0n) is 10.5. The van der Waals surface area contributed by atoms with Gasteiger partial charge in [-0.1, -0.05) is 18.2 Å². The smallest absolute Gasteiger partial charge is 0.328 e. The van der Waals surface area contributed by atoms with Crippen molar-refractivity contribution in [2.24, 2.45) is 0 Å². The Morgan fingerprint density at radius 1 is 1.33 bits per heavy atom. The topological polar surface area (TPSA) is 55.4 Å². The van der Waals surface area contributed by atoms with Gasteiger partial charge in [-0.3, -0.25) is 4.79 Å². The molecule has 1 atom stereocenters. The van der Waals surface area contributed by atoms with Gasteiger partial charge in [0.2, 0.25) is 0 Å². The predicted molar refractivity (Wildman–Crippen MR) is 72.7 cm³/mol. The molecule has 0 unspecified atom stereocenters. The predicted octanol–water partition coefficient (Wildman–Crippen LogP) is 1.71. The summed E-state index contributed by atoms with van der Waals surface area (Å²) >= 11 is 1.62. The van der Waals surface area contributed by atoms with Gasteiger partial charge in [-0.25, -0.2) is 4.79 Å². The number of ether oxygens (including phenoxy) is 1. The third-order valence-corrected chi connectivity index (χ3v) is 3.08. The summed E-state index contributed by atoms with van der Waals surface area (Å²) in [4.78, 5) is 23.5. The maximum absolute atomic E-state index is 11.9. The Kier molecular flexibility index (Phi) is 6.28. The van der Waals surface area contributed by atoms with Crippen LogP contribution in [0.4, 0.5) is 0 Å². The molecule has 0 fully saturated rings. The van der Waals surface area contributed by atoms with Crippen LogP contribution >= 0.6 is 11.8 Å². The van der Waals surface area contributed by atoms with E-state index < -0.39 is 12.0 Å². The summed E-state index contributed by atoms with van der Waals surface area (Å²) < 4.78 is 4.68. The van der Waals surface area contributed by atoms with Crippen LogP contribution in [0.3, 0.4) is 0 Å². The second-order valence-electron chi connectivity index (χ2n) is 3.70. The Balaban J connectivity index is 2.65. The Hall–Kier alpha value is -1.49. The van der Waals surface area contributed by atoms with E-state index >= 15 is 0 Å². The van der Waals surface area contributed by atoms with Gasteiger partial charge in [0.15, 0.2) is 0 Å². The van der Waals surface area contributed by atoms with Gasteiger partial charge in [-0.2, -0.15) is 11.8 Å². The summed E-state index contributed by atoms with van der Waals surface area (Å²) in [6.45, 7) is 0. The fourth-order valence-electron chi connectivity index (χ4n) is 1.46. The highest BCUT2D eigenvalue weighted by Gasteiger charge is 2.21. The summed E-state index contributed by atoms with van der Waals surface area (Å²) in [5, 5.41) is 2.69. The molecule has 5 heteroatoms. The van der Waals surface area contributed by atoms with Crippen molar-refractivity contribution in [3.8, 4) is 0 Å². The van der Waals surface area contributed by atoms with Gasteiger partial charge < -0.3 is 10.1 Å².